The molecule has 1 saturated heterocycles. The number of sulfonamides is 1. The van der Waals surface area contributed by atoms with Crippen LogP contribution in [0.15, 0.2) is 0 Å². The summed E-state index contributed by atoms with van der Waals surface area (Å²) in [6.45, 7) is 1.05. The minimum atomic E-state index is -4.68. The zero-order valence-corrected chi connectivity index (χ0v) is 16.2. The number of urea groups is 1. The summed E-state index contributed by atoms with van der Waals surface area (Å²) in [7, 11) is -1.72. The second kappa shape index (κ2) is 7.92. The predicted octanol–water partition coefficient (Wildman–Crippen LogP) is 2.42. The van der Waals surface area contributed by atoms with Crippen molar-refractivity contribution in [2.45, 2.75) is 56.5 Å². The van der Waals surface area contributed by atoms with Crippen molar-refractivity contribution >= 4 is 16.1 Å². The van der Waals surface area contributed by atoms with Gasteiger partial charge in [-0.3, -0.25) is 0 Å². The second-order valence-electron chi connectivity index (χ2n) is 7.49. The molecule has 26 heavy (non-hydrogen) atoms. The molecule has 1 N–H and O–H groups in total. The van der Waals surface area contributed by atoms with E-state index in [0.717, 1.165) is 41.3 Å². The Morgan fingerprint density at radius 3 is 2.19 bits per heavy atom. The van der Waals surface area contributed by atoms with E-state index in [4.69, 9.17) is 0 Å². The summed E-state index contributed by atoms with van der Waals surface area (Å²) in [5.74, 6) is -1.43. The van der Waals surface area contributed by atoms with Crippen molar-refractivity contribution in [2.75, 3.05) is 27.2 Å². The van der Waals surface area contributed by atoms with Gasteiger partial charge in [-0.2, -0.15) is 13.2 Å². The van der Waals surface area contributed by atoms with E-state index < -0.39 is 46.5 Å². The zero-order valence-electron chi connectivity index (χ0n) is 15.4. The summed E-state index contributed by atoms with van der Waals surface area (Å²) in [6, 6.07) is -0.658. The summed E-state index contributed by atoms with van der Waals surface area (Å²) in [5, 5.41) is 1.12. The maximum Gasteiger partial charge on any atom is 0.394 e. The van der Waals surface area contributed by atoms with Crippen LogP contribution in [0.1, 0.15) is 39.0 Å². The summed E-state index contributed by atoms with van der Waals surface area (Å²) in [4.78, 5) is 13.4. The van der Waals surface area contributed by atoms with Crippen LogP contribution in [-0.2, 0) is 10.0 Å². The maximum atomic E-state index is 13.3. The minimum Gasteiger partial charge on any atom is -0.335 e. The number of hydrogen-bond donors (Lipinski definition) is 1. The first-order chi connectivity index (χ1) is 12.0. The summed E-state index contributed by atoms with van der Waals surface area (Å²) >= 11 is 0. The number of nitrogens with one attached hydrogen (secondary N) is 1. The van der Waals surface area contributed by atoms with Crippen LogP contribution >= 0.6 is 0 Å². The van der Waals surface area contributed by atoms with E-state index in [9.17, 15) is 26.4 Å². The topological polar surface area (TPSA) is 69.7 Å². The normalized spacial score (nSPS) is 30.7. The number of rotatable bonds is 4. The molecule has 1 aliphatic carbocycles. The lowest BCUT2D eigenvalue weighted by Gasteiger charge is -2.30. The first-order valence-electron chi connectivity index (χ1n) is 9.00. The largest absolute Gasteiger partial charge is 0.394 e. The van der Waals surface area contributed by atoms with Crippen LogP contribution in [0, 0.1) is 11.8 Å². The summed E-state index contributed by atoms with van der Waals surface area (Å²) < 4.78 is 65.4. The molecular formula is C16H28F3N3O3S. The van der Waals surface area contributed by atoms with Gasteiger partial charge in [0.15, 0.2) is 0 Å². The minimum absolute atomic E-state index is 0.0563. The summed E-state index contributed by atoms with van der Waals surface area (Å²) in [5.41, 5.74) is 0. The smallest absolute Gasteiger partial charge is 0.335 e. The Hall–Kier alpha value is -1.03. The lowest BCUT2D eigenvalue weighted by Crippen LogP contribution is -2.46. The summed E-state index contributed by atoms with van der Waals surface area (Å²) in [6.07, 6.45) is 0.00102. The highest BCUT2D eigenvalue weighted by Gasteiger charge is 2.56. The molecule has 1 aliphatic heterocycles. The van der Waals surface area contributed by atoms with Crippen LogP contribution in [-0.4, -0.2) is 68.3 Å². The molecular weight excluding hydrogens is 371 g/mol. The molecule has 1 saturated carbocycles. The number of hydrogen-bond acceptors (Lipinski definition) is 3. The average Bonchev–Trinajstić information content (AvgIpc) is 3.02. The number of halogens is 3. The van der Waals surface area contributed by atoms with Gasteiger partial charge in [-0.1, -0.05) is 13.3 Å². The van der Waals surface area contributed by atoms with Gasteiger partial charge in [-0.05, 0) is 31.6 Å². The van der Waals surface area contributed by atoms with Crippen LogP contribution in [0.5, 0.6) is 0 Å². The Bertz CT molecular complexity index is 602. The van der Waals surface area contributed by atoms with Crippen LogP contribution in [0.4, 0.5) is 18.0 Å². The molecule has 10 heteroatoms. The van der Waals surface area contributed by atoms with Gasteiger partial charge in [0, 0.05) is 33.2 Å². The van der Waals surface area contributed by atoms with Crippen molar-refractivity contribution in [3.05, 3.63) is 0 Å². The standard InChI is InChI=1S/C16H28F3N3O3S/c1-4-11-5-7-12(8-6-11)20-15(23)22-9-13(16(17,18)19)14(10-22)26(24,25)21(2)3/h11-14H,4-10H2,1-3H3,(H,20,23)/t11?,12?,13-,14-/m1/s1. The van der Waals surface area contributed by atoms with Crippen molar-refractivity contribution in [1.29, 1.82) is 0 Å². The average molecular weight is 399 g/mol. The number of carbonyl (C=O) groups excluding carboxylic acids is 1. The molecule has 0 aromatic carbocycles. The van der Waals surface area contributed by atoms with Crippen LogP contribution in [0.3, 0.4) is 0 Å². The monoisotopic (exact) mass is 399 g/mol. The zero-order chi connectivity index (χ0) is 19.7. The van der Waals surface area contributed by atoms with E-state index in [1.165, 1.54) is 14.1 Å². The maximum absolute atomic E-state index is 13.3. The molecule has 1 heterocycles. The van der Waals surface area contributed by atoms with Crippen LogP contribution in [0.2, 0.25) is 0 Å². The molecule has 0 aromatic rings. The quantitative estimate of drug-likeness (QED) is 0.789. The van der Waals surface area contributed by atoms with Gasteiger partial charge in [0.05, 0.1) is 5.92 Å². The number of amides is 2. The Labute approximate surface area is 153 Å². The van der Waals surface area contributed by atoms with E-state index in [2.05, 4.69) is 12.2 Å². The molecule has 0 bridgehead atoms. The highest BCUT2D eigenvalue weighted by atomic mass is 32.2. The van der Waals surface area contributed by atoms with E-state index in [1.54, 1.807) is 0 Å². The van der Waals surface area contributed by atoms with Gasteiger partial charge in [0.2, 0.25) is 10.0 Å². The molecule has 152 valence electrons. The van der Waals surface area contributed by atoms with Gasteiger partial charge in [-0.15, -0.1) is 0 Å². The van der Waals surface area contributed by atoms with Crippen molar-refractivity contribution in [2.24, 2.45) is 11.8 Å². The third-order valence-electron chi connectivity index (χ3n) is 5.62. The Kier molecular flexibility index (Phi) is 6.48. The van der Waals surface area contributed by atoms with Crippen molar-refractivity contribution in [3.63, 3.8) is 0 Å². The number of nitrogens with zero attached hydrogens (tertiary/aromatic N) is 2. The van der Waals surface area contributed by atoms with Gasteiger partial charge in [0.1, 0.15) is 5.25 Å². The molecule has 2 amide bonds. The fourth-order valence-electron chi connectivity index (χ4n) is 3.81. The molecule has 2 fully saturated rings. The highest BCUT2D eigenvalue weighted by Crippen LogP contribution is 2.38. The molecule has 0 radical (unpaired) electrons. The first kappa shape index (κ1) is 21.3. The van der Waals surface area contributed by atoms with E-state index in [0.29, 0.717) is 5.92 Å². The van der Waals surface area contributed by atoms with Gasteiger partial charge >= 0.3 is 12.2 Å². The fraction of sp³-hybridized carbons (Fsp3) is 0.938. The molecule has 0 spiro atoms. The predicted molar refractivity (Wildman–Crippen MR) is 92.1 cm³/mol. The highest BCUT2D eigenvalue weighted by molar-refractivity contribution is 7.89. The Balaban J connectivity index is 2.05. The first-order valence-corrected chi connectivity index (χ1v) is 10.5. The van der Waals surface area contributed by atoms with Crippen LogP contribution in [0.25, 0.3) is 0 Å². The van der Waals surface area contributed by atoms with E-state index in [-0.39, 0.29) is 6.04 Å². The van der Waals surface area contributed by atoms with E-state index in [1.807, 2.05) is 0 Å². The van der Waals surface area contributed by atoms with E-state index >= 15 is 0 Å². The van der Waals surface area contributed by atoms with Crippen molar-refractivity contribution < 1.29 is 26.4 Å². The third-order valence-corrected chi connectivity index (χ3v) is 7.88. The molecule has 0 aromatic heterocycles. The molecule has 2 atom stereocenters. The second-order valence-corrected chi connectivity index (χ2v) is 9.86. The van der Waals surface area contributed by atoms with Gasteiger partial charge in [-0.25, -0.2) is 17.5 Å². The number of alkyl halides is 3. The molecule has 6 nitrogen and oxygen atoms in total. The number of likely N-dealkylation sites (tertiary alicyclic amines) is 1. The Morgan fingerprint density at radius 1 is 1.15 bits per heavy atom. The SMILES string of the molecule is CCC1CCC(NC(=O)N2C[C@@H](C(F)(F)F)[C@H](S(=O)(=O)N(C)C)C2)CC1. The van der Waals surface area contributed by atoms with Crippen molar-refractivity contribution in [1.82, 2.24) is 14.5 Å². The third kappa shape index (κ3) is 4.62. The molecule has 2 aliphatic rings. The van der Waals surface area contributed by atoms with Gasteiger partial charge in [0.25, 0.3) is 0 Å². The van der Waals surface area contributed by atoms with Crippen molar-refractivity contribution in [3.8, 4) is 0 Å². The van der Waals surface area contributed by atoms with Crippen LogP contribution < -0.4 is 5.32 Å². The molecule has 0 unspecified atom stereocenters. The molecule has 2 rings (SSSR count). The lowest BCUT2D eigenvalue weighted by atomic mass is 9.84. The fourth-order valence-corrected chi connectivity index (χ4v) is 5.37. The van der Waals surface area contributed by atoms with Gasteiger partial charge < -0.3 is 10.2 Å². The lowest BCUT2D eigenvalue weighted by molar-refractivity contribution is -0.169. The number of carbonyl (C=O) groups is 1. The Morgan fingerprint density at radius 2 is 1.73 bits per heavy atom.